The number of hydrogen-bond acceptors (Lipinski definition) is 1. The third kappa shape index (κ3) is 2.01. The van der Waals surface area contributed by atoms with E-state index in [1.165, 1.54) is 25.7 Å². The minimum Gasteiger partial charge on any atom is -0.325 e. The smallest absolute Gasteiger partial charge is 0.0159 e. The van der Waals surface area contributed by atoms with E-state index in [4.69, 9.17) is 5.73 Å². The Morgan fingerprint density at radius 2 is 1.92 bits per heavy atom. The van der Waals surface area contributed by atoms with E-state index in [2.05, 4.69) is 27.7 Å². The highest BCUT2D eigenvalue weighted by Gasteiger charge is 2.39. The van der Waals surface area contributed by atoms with E-state index in [9.17, 15) is 0 Å². The van der Waals surface area contributed by atoms with Gasteiger partial charge in [-0.25, -0.2) is 0 Å². The molecule has 0 saturated heterocycles. The summed E-state index contributed by atoms with van der Waals surface area (Å²) in [6, 6.07) is 0. The van der Waals surface area contributed by atoms with E-state index in [1.54, 1.807) is 0 Å². The molecule has 0 aromatic carbocycles. The van der Waals surface area contributed by atoms with Gasteiger partial charge in [0.2, 0.25) is 0 Å². The van der Waals surface area contributed by atoms with Crippen LogP contribution in [-0.2, 0) is 0 Å². The topological polar surface area (TPSA) is 26.0 Å². The van der Waals surface area contributed by atoms with Gasteiger partial charge in [0.15, 0.2) is 0 Å². The van der Waals surface area contributed by atoms with Gasteiger partial charge in [0.1, 0.15) is 0 Å². The molecule has 1 fully saturated rings. The fourth-order valence-corrected chi connectivity index (χ4v) is 2.83. The van der Waals surface area contributed by atoms with Crippen LogP contribution >= 0.6 is 0 Å². The average molecular weight is 169 g/mol. The summed E-state index contributed by atoms with van der Waals surface area (Å²) in [6.07, 6.45) is 5.08. The summed E-state index contributed by atoms with van der Waals surface area (Å²) in [5.74, 6) is 0.741. The minimum absolute atomic E-state index is 0.0799. The predicted molar refractivity (Wildman–Crippen MR) is 54.0 cm³/mol. The van der Waals surface area contributed by atoms with Crippen molar-refractivity contribution in [2.75, 3.05) is 0 Å². The Bertz CT molecular complexity index is 158. The van der Waals surface area contributed by atoms with Crippen LogP contribution < -0.4 is 5.73 Å². The minimum atomic E-state index is 0.0799. The quantitative estimate of drug-likeness (QED) is 0.641. The molecule has 0 amide bonds. The van der Waals surface area contributed by atoms with Crippen molar-refractivity contribution in [1.29, 1.82) is 0 Å². The second-order valence-corrected chi connectivity index (χ2v) is 5.49. The maximum Gasteiger partial charge on any atom is 0.0159 e. The molecule has 0 bridgehead atoms. The molecule has 1 rings (SSSR count). The third-order valence-corrected chi connectivity index (χ3v) is 3.45. The van der Waals surface area contributed by atoms with Crippen molar-refractivity contribution in [1.82, 2.24) is 0 Å². The average Bonchev–Trinajstić information content (AvgIpc) is 1.83. The highest BCUT2D eigenvalue weighted by Crippen LogP contribution is 2.43. The first-order valence-electron chi connectivity index (χ1n) is 5.16. The second kappa shape index (κ2) is 3.02. The van der Waals surface area contributed by atoms with Crippen molar-refractivity contribution >= 4 is 0 Å². The lowest BCUT2D eigenvalue weighted by Crippen LogP contribution is -2.50. The first kappa shape index (κ1) is 10.0. The normalized spacial score (nSPS) is 41.2. The van der Waals surface area contributed by atoms with E-state index in [1.807, 2.05) is 0 Å². The second-order valence-electron chi connectivity index (χ2n) is 5.49. The molecule has 1 heteroatoms. The zero-order chi connectivity index (χ0) is 9.41. The fraction of sp³-hybridized carbons (Fsp3) is 1.00. The standard InChI is InChI=1S/C11H23N/c1-5-9-6-7-10(2,3)8-11(9,4)12/h9H,5-8,12H2,1-4H3. The van der Waals surface area contributed by atoms with Crippen LogP contribution in [0.1, 0.15) is 53.4 Å². The van der Waals surface area contributed by atoms with Crippen molar-refractivity contribution in [2.24, 2.45) is 17.1 Å². The van der Waals surface area contributed by atoms with E-state index >= 15 is 0 Å². The van der Waals surface area contributed by atoms with Gasteiger partial charge in [-0.15, -0.1) is 0 Å². The molecule has 0 aromatic rings. The summed E-state index contributed by atoms with van der Waals surface area (Å²) in [5.41, 5.74) is 6.86. The van der Waals surface area contributed by atoms with Crippen LogP contribution in [-0.4, -0.2) is 5.54 Å². The lowest BCUT2D eigenvalue weighted by molar-refractivity contribution is 0.0983. The molecule has 1 saturated carbocycles. The van der Waals surface area contributed by atoms with Crippen LogP contribution in [0, 0.1) is 11.3 Å². The summed E-state index contributed by atoms with van der Waals surface area (Å²) in [6.45, 7) is 9.16. The molecule has 0 heterocycles. The lowest BCUT2D eigenvalue weighted by Gasteiger charge is -2.46. The molecule has 1 nitrogen and oxygen atoms in total. The van der Waals surface area contributed by atoms with Crippen LogP contribution in [0.3, 0.4) is 0 Å². The highest BCUT2D eigenvalue weighted by molar-refractivity contribution is 4.96. The molecule has 12 heavy (non-hydrogen) atoms. The predicted octanol–water partition coefficient (Wildman–Crippen LogP) is 2.94. The van der Waals surface area contributed by atoms with Crippen molar-refractivity contribution in [3.8, 4) is 0 Å². The van der Waals surface area contributed by atoms with Crippen molar-refractivity contribution < 1.29 is 0 Å². The van der Waals surface area contributed by atoms with Crippen molar-refractivity contribution in [2.45, 2.75) is 58.9 Å². The van der Waals surface area contributed by atoms with E-state index in [0.717, 1.165) is 5.92 Å². The van der Waals surface area contributed by atoms with Crippen molar-refractivity contribution in [3.05, 3.63) is 0 Å². The van der Waals surface area contributed by atoms with Crippen LogP contribution in [0.5, 0.6) is 0 Å². The molecule has 0 aromatic heterocycles. The first-order chi connectivity index (χ1) is 5.37. The summed E-state index contributed by atoms with van der Waals surface area (Å²) < 4.78 is 0. The van der Waals surface area contributed by atoms with Crippen LogP contribution in [0.25, 0.3) is 0 Å². The van der Waals surface area contributed by atoms with Gasteiger partial charge in [0, 0.05) is 5.54 Å². The Hall–Kier alpha value is -0.0400. The molecular formula is C11H23N. The molecular weight excluding hydrogens is 146 g/mol. The Morgan fingerprint density at radius 1 is 1.33 bits per heavy atom. The summed E-state index contributed by atoms with van der Waals surface area (Å²) in [5, 5.41) is 0. The fourth-order valence-electron chi connectivity index (χ4n) is 2.83. The van der Waals surface area contributed by atoms with E-state index in [-0.39, 0.29) is 5.54 Å². The largest absolute Gasteiger partial charge is 0.325 e. The first-order valence-corrected chi connectivity index (χ1v) is 5.16. The maximum atomic E-state index is 6.31. The molecule has 1 aliphatic carbocycles. The SMILES string of the molecule is CCC1CCC(C)(C)CC1(C)N. The highest BCUT2D eigenvalue weighted by atomic mass is 14.8. The molecule has 2 atom stereocenters. The molecule has 2 unspecified atom stereocenters. The molecule has 2 N–H and O–H groups in total. The van der Waals surface area contributed by atoms with E-state index < -0.39 is 0 Å². The Kier molecular flexibility index (Phi) is 2.53. The van der Waals surface area contributed by atoms with Gasteiger partial charge in [-0.05, 0) is 37.5 Å². The zero-order valence-corrected chi connectivity index (χ0v) is 8.98. The number of nitrogens with two attached hydrogens (primary N) is 1. The van der Waals surface area contributed by atoms with Gasteiger partial charge in [-0.1, -0.05) is 27.2 Å². The van der Waals surface area contributed by atoms with Crippen LogP contribution in [0.15, 0.2) is 0 Å². The molecule has 0 radical (unpaired) electrons. The summed E-state index contributed by atoms with van der Waals surface area (Å²) in [7, 11) is 0. The Balaban J connectivity index is 2.67. The molecule has 1 aliphatic rings. The van der Waals surface area contributed by atoms with Gasteiger partial charge in [-0.2, -0.15) is 0 Å². The van der Waals surface area contributed by atoms with Gasteiger partial charge >= 0.3 is 0 Å². The van der Waals surface area contributed by atoms with Gasteiger partial charge in [0.25, 0.3) is 0 Å². The monoisotopic (exact) mass is 169 g/mol. The van der Waals surface area contributed by atoms with Crippen LogP contribution in [0.2, 0.25) is 0 Å². The van der Waals surface area contributed by atoms with Crippen molar-refractivity contribution in [3.63, 3.8) is 0 Å². The number of hydrogen-bond donors (Lipinski definition) is 1. The summed E-state index contributed by atoms with van der Waals surface area (Å²) in [4.78, 5) is 0. The van der Waals surface area contributed by atoms with E-state index in [0.29, 0.717) is 5.41 Å². The molecule has 0 spiro atoms. The summed E-state index contributed by atoms with van der Waals surface area (Å²) >= 11 is 0. The third-order valence-electron chi connectivity index (χ3n) is 3.45. The van der Waals surface area contributed by atoms with Gasteiger partial charge in [-0.3, -0.25) is 0 Å². The molecule has 0 aliphatic heterocycles. The Morgan fingerprint density at radius 3 is 2.33 bits per heavy atom. The number of rotatable bonds is 1. The van der Waals surface area contributed by atoms with Crippen LogP contribution in [0.4, 0.5) is 0 Å². The Labute approximate surface area is 76.7 Å². The maximum absolute atomic E-state index is 6.31. The molecule has 72 valence electrons. The van der Waals surface area contributed by atoms with Gasteiger partial charge in [0.05, 0.1) is 0 Å². The zero-order valence-electron chi connectivity index (χ0n) is 8.98. The lowest BCUT2D eigenvalue weighted by atomic mass is 9.63. The van der Waals surface area contributed by atoms with Gasteiger partial charge < -0.3 is 5.73 Å².